The van der Waals surface area contributed by atoms with Gasteiger partial charge in [0.15, 0.2) is 0 Å². The van der Waals surface area contributed by atoms with Crippen LogP contribution in [0.3, 0.4) is 0 Å². The Balaban J connectivity index is 2.81. The van der Waals surface area contributed by atoms with Crippen LogP contribution in [0.4, 0.5) is 0 Å². The summed E-state index contributed by atoms with van der Waals surface area (Å²) in [6, 6.07) is 0. The molecule has 0 saturated carbocycles. The van der Waals surface area contributed by atoms with Crippen LogP contribution in [0.1, 0.15) is 32.6 Å². The SMILES string of the molecule is C=P(S)(CCCC)CP(=C)(S)N1C(=O)CCC1=O. The molecule has 1 rings (SSSR count). The fourth-order valence-electron chi connectivity index (χ4n) is 1.99. The number of hydrogen-bond donors (Lipinski definition) is 2. The number of hydrogen-bond acceptors (Lipinski definition) is 4. The number of amides is 2. The Hall–Kier alpha value is 0.440. The number of carbonyl (C=O) groups excluding carboxylic acids is 2. The average Bonchev–Trinajstić information content (AvgIpc) is 2.54. The second-order valence-electron chi connectivity index (χ2n) is 4.79. The molecule has 0 bridgehead atoms. The van der Waals surface area contributed by atoms with Crippen molar-refractivity contribution in [2.75, 3.05) is 12.1 Å². The fraction of sp³-hybridized carbons (Fsp3) is 0.636. The van der Waals surface area contributed by atoms with Crippen LogP contribution < -0.4 is 0 Å². The predicted molar refractivity (Wildman–Crippen MR) is 91.8 cm³/mol. The van der Waals surface area contributed by atoms with Crippen molar-refractivity contribution in [3.63, 3.8) is 0 Å². The summed E-state index contributed by atoms with van der Waals surface area (Å²) in [4.78, 5) is 23.5. The van der Waals surface area contributed by atoms with E-state index in [0.29, 0.717) is 18.7 Å². The van der Waals surface area contributed by atoms with Crippen molar-refractivity contribution in [2.24, 2.45) is 0 Å². The molecule has 3 nitrogen and oxygen atoms in total. The zero-order chi connectivity index (χ0) is 14.0. The van der Waals surface area contributed by atoms with Crippen LogP contribution in [0.5, 0.6) is 0 Å². The third-order valence-electron chi connectivity index (χ3n) is 2.82. The number of rotatable bonds is 6. The number of unbranched alkanes of at least 4 members (excludes halogenated alkanes) is 1. The highest BCUT2D eigenvalue weighted by atomic mass is 32.7. The largest absolute Gasteiger partial charge is 0.274 e. The summed E-state index contributed by atoms with van der Waals surface area (Å²) in [5.74, 6) is 0.327. The van der Waals surface area contributed by atoms with Crippen molar-refractivity contribution in [2.45, 2.75) is 32.6 Å². The molecule has 2 unspecified atom stereocenters. The van der Waals surface area contributed by atoms with Gasteiger partial charge in [0.1, 0.15) is 0 Å². The van der Waals surface area contributed by atoms with Crippen molar-refractivity contribution >= 4 is 61.2 Å². The van der Waals surface area contributed by atoms with Crippen molar-refractivity contribution in [3.05, 3.63) is 0 Å². The summed E-state index contributed by atoms with van der Waals surface area (Å²) in [5.41, 5.74) is 0. The van der Waals surface area contributed by atoms with E-state index in [1.165, 1.54) is 4.67 Å². The van der Waals surface area contributed by atoms with E-state index in [1.807, 2.05) is 0 Å². The maximum absolute atomic E-state index is 11.7. The van der Waals surface area contributed by atoms with Gasteiger partial charge in [-0.25, -0.2) is 0 Å². The first-order chi connectivity index (χ1) is 8.19. The minimum Gasteiger partial charge on any atom is -0.274 e. The Bertz CT molecular complexity index is 434. The molecular formula is C11H21NO2P2S2. The van der Waals surface area contributed by atoms with Gasteiger partial charge in [0.2, 0.25) is 11.8 Å². The van der Waals surface area contributed by atoms with Gasteiger partial charge in [-0.05, 0) is 12.6 Å². The van der Waals surface area contributed by atoms with E-state index in [2.05, 4.69) is 44.0 Å². The summed E-state index contributed by atoms with van der Waals surface area (Å²) in [6.07, 6.45) is 7.96. The molecule has 0 radical (unpaired) electrons. The average molecular weight is 325 g/mol. The van der Waals surface area contributed by atoms with Crippen LogP contribution in [-0.2, 0) is 9.59 Å². The first-order valence-corrected chi connectivity index (χ1v) is 12.7. The quantitative estimate of drug-likeness (QED) is 0.446. The van der Waals surface area contributed by atoms with E-state index in [9.17, 15) is 9.59 Å². The Kier molecular flexibility index (Phi) is 5.74. The maximum atomic E-state index is 11.7. The lowest BCUT2D eigenvalue weighted by atomic mass is 10.4. The Labute approximate surface area is 120 Å². The molecular weight excluding hydrogens is 304 g/mol. The minimum absolute atomic E-state index is 0.137. The van der Waals surface area contributed by atoms with Gasteiger partial charge in [0, 0.05) is 25.0 Å². The summed E-state index contributed by atoms with van der Waals surface area (Å²) in [7, 11) is 0. The first kappa shape index (κ1) is 16.5. The van der Waals surface area contributed by atoms with Crippen LogP contribution in [0.2, 0.25) is 0 Å². The van der Waals surface area contributed by atoms with E-state index >= 15 is 0 Å². The van der Waals surface area contributed by atoms with Gasteiger partial charge in [-0.15, -0.1) is 12.2 Å². The van der Waals surface area contributed by atoms with Gasteiger partial charge in [-0.3, -0.25) is 14.3 Å². The maximum Gasteiger partial charge on any atom is 0.233 e. The number of imide groups is 1. The highest BCUT2D eigenvalue weighted by Crippen LogP contribution is 2.68. The fourth-order valence-corrected chi connectivity index (χ4v) is 14.4. The van der Waals surface area contributed by atoms with E-state index < -0.39 is 12.3 Å². The van der Waals surface area contributed by atoms with Crippen molar-refractivity contribution in [1.29, 1.82) is 0 Å². The molecule has 0 N–H and O–H groups in total. The van der Waals surface area contributed by atoms with Crippen LogP contribution in [0.15, 0.2) is 0 Å². The molecule has 2 amide bonds. The Morgan fingerprint density at radius 1 is 1.22 bits per heavy atom. The van der Waals surface area contributed by atoms with Gasteiger partial charge in [-0.2, -0.15) is 12.2 Å². The number of carbonyl (C=O) groups is 2. The summed E-state index contributed by atoms with van der Waals surface area (Å²) in [5, 5.41) is 0. The molecule has 0 spiro atoms. The summed E-state index contributed by atoms with van der Waals surface area (Å²) in [6.45, 7) is 2.12. The van der Waals surface area contributed by atoms with E-state index in [1.54, 1.807) is 0 Å². The minimum atomic E-state index is -2.27. The molecule has 1 fully saturated rings. The normalized spacial score (nSPS) is 22.9. The van der Waals surface area contributed by atoms with Gasteiger partial charge in [-0.1, -0.05) is 32.0 Å². The third-order valence-corrected chi connectivity index (χ3v) is 12.5. The van der Waals surface area contributed by atoms with E-state index in [-0.39, 0.29) is 11.8 Å². The molecule has 0 aromatic carbocycles. The monoisotopic (exact) mass is 325 g/mol. The Morgan fingerprint density at radius 2 is 1.72 bits per heavy atom. The lowest BCUT2D eigenvalue weighted by molar-refractivity contribution is -0.132. The van der Waals surface area contributed by atoms with E-state index in [4.69, 9.17) is 0 Å². The molecule has 7 heteroatoms. The zero-order valence-corrected chi connectivity index (χ0v) is 14.3. The van der Waals surface area contributed by atoms with Crippen LogP contribution in [0, 0.1) is 0 Å². The Morgan fingerprint density at radius 3 is 2.17 bits per heavy atom. The van der Waals surface area contributed by atoms with Gasteiger partial charge < -0.3 is 0 Å². The molecule has 1 aliphatic rings. The van der Waals surface area contributed by atoms with Crippen molar-refractivity contribution in [1.82, 2.24) is 4.67 Å². The molecule has 0 aromatic heterocycles. The topological polar surface area (TPSA) is 37.4 Å². The third kappa shape index (κ3) is 4.23. The van der Waals surface area contributed by atoms with E-state index in [0.717, 1.165) is 19.0 Å². The molecule has 1 saturated heterocycles. The summed E-state index contributed by atoms with van der Waals surface area (Å²) >= 11 is 9.19. The number of nitrogens with zero attached hydrogens (tertiary/aromatic N) is 1. The predicted octanol–water partition coefficient (Wildman–Crippen LogP) is 3.40. The second-order valence-corrected chi connectivity index (χ2v) is 15.5. The zero-order valence-electron chi connectivity index (χ0n) is 10.7. The van der Waals surface area contributed by atoms with Gasteiger partial charge in [0.25, 0.3) is 0 Å². The second kappa shape index (κ2) is 6.26. The van der Waals surface area contributed by atoms with Crippen LogP contribution >= 0.6 is 36.8 Å². The highest BCUT2D eigenvalue weighted by molar-refractivity contribution is 8.59. The van der Waals surface area contributed by atoms with Crippen molar-refractivity contribution in [3.8, 4) is 0 Å². The molecule has 0 aromatic rings. The first-order valence-electron chi connectivity index (χ1n) is 5.95. The molecule has 104 valence electrons. The van der Waals surface area contributed by atoms with Crippen LogP contribution in [-0.4, -0.2) is 41.1 Å². The van der Waals surface area contributed by atoms with Gasteiger partial charge >= 0.3 is 0 Å². The summed E-state index contributed by atoms with van der Waals surface area (Å²) < 4.78 is 1.30. The van der Waals surface area contributed by atoms with Crippen molar-refractivity contribution < 1.29 is 9.59 Å². The molecule has 18 heavy (non-hydrogen) atoms. The lowest BCUT2D eigenvalue weighted by Gasteiger charge is -2.32. The lowest BCUT2D eigenvalue weighted by Crippen LogP contribution is -2.25. The smallest absolute Gasteiger partial charge is 0.233 e. The molecule has 2 atom stereocenters. The highest BCUT2D eigenvalue weighted by Gasteiger charge is 2.37. The standard InChI is InChI=1S/C11H21NO2P2S2/c1-4-5-8-15(2,17)9-16(3,18)12-10(13)6-7-11(12)14/h17-18H,2-9H2,1H3. The number of thiol groups is 2. The van der Waals surface area contributed by atoms with Gasteiger partial charge in [0.05, 0.1) is 0 Å². The molecule has 1 heterocycles. The van der Waals surface area contributed by atoms with Crippen LogP contribution in [0.25, 0.3) is 0 Å². The molecule has 0 aliphatic carbocycles. The molecule has 1 aliphatic heterocycles.